The van der Waals surface area contributed by atoms with Crippen molar-refractivity contribution in [1.82, 2.24) is 25.9 Å². The first-order valence-electron chi connectivity index (χ1n) is 13.6. The summed E-state index contributed by atoms with van der Waals surface area (Å²) in [4.78, 5) is 50.6. The van der Waals surface area contributed by atoms with Gasteiger partial charge >= 0.3 is 0 Å². The molecule has 0 radical (unpaired) electrons. The highest BCUT2D eigenvalue weighted by Gasteiger charge is 2.41. The fourth-order valence-corrected chi connectivity index (χ4v) is 4.79. The third-order valence-corrected chi connectivity index (χ3v) is 7.54. The number of nitrogens with zero attached hydrogens (tertiary/aromatic N) is 3. The highest BCUT2D eigenvalue weighted by molar-refractivity contribution is 6.31. The molecule has 0 bridgehead atoms. The molecule has 42 heavy (non-hydrogen) atoms. The summed E-state index contributed by atoms with van der Waals surface area (Å²) in [6.45, 7) is 7.70. The Morgan fingerprint density at radius 1 is 1.14 bits per heavy atom. The van der Waals surface area contributed by atoms with E-state index in [-0.39, 0.29) is 17.2 Å². The van der Waals surface area contributed by atoms with E-state index >= 15 is 0 Å². The molecule has 1 aliphatic rings. The van der Waals surface area contributed by atoms with Crippen molar-refractivity contribution >= 4 is 57.4 Å². The number of anilines is 3. The number of carbonyl (C=O) groups is 3. The van der Waals surface area contributed by atoms with Crippen LogP contribution in [0.4, 0.5) is 26.0 Å². The third-order valence-electron chi connectivity index (χ3n) is 7.19. The number of imide groups is 1. The molecule has 0 spiro atoms. The highest BCUT2D eigenvalue weighted by Crippen LogP contribution is 2.33. The van der Waals surface area contributed by atoms with E-state index < -0.39 is 57.9 Å². The number of nitrogens with one attached hydrogen (secondary N) is 4. The first kappa shape index (κ1) is 31.2. The van der Waals surface area contributed by atoms with Crippen LogP contribution in [0.5, 0.6) is 0 Å². The normalized spacial score (nSPS) is 16.6. The number of hydrogen-bond donors (Lipinski definition) is 4. The van der Waals surface area contributed by atoms with Crippen molar-refractivity contribution < 1.29 is 23.2 Å². The highest BCUT2D eigenvalue weighted by atomic mass is 35.5. The molecule has 0 saturated carbocycles. The Bertz CT molecular complexity index is 1510. The standard InChI is InChI=1S/C29H34ClF2N7O3/c1-15(33-5)26(40)38-24(29(2,3)4)28(42)39(27(41)21-7-6-12-34-21)16-8-10-19-17(13-16)25(36-14-35-19)37-20-11-9-18(31)22(30)23(20)32/h8-11,13-15,21,24,33-34H,6-7,12H2,1-5H3,(H,38,40)(H,35,36,37)/t15-,21-,24+/m0/s1. The molecule has 4 N–H and O–H groups in total. The average molecular weight is 602 g/mol. The summed E-state index contributed by atoms with van der Waals surface area (Å²) in [6, 6.07) is 4.71. The molecule has 3 atom stereocenters. The second-order valence-electron chi connectivity index (χ2n) is 11.3. The van der Waals surface area contributed by atoms with Gasteiger partial charge in [-0.3, -0.25) is 14.4 Å². The van der Waals surface area contributed by atoms with Crippen molar-refractivity contribution in [2.45, 2.75) is 58.7 Å². The third kappa shape index (κ3) is 6.50. The summed E-state index contributed by atoms with van der Waals surface area (Å²) in [5.41, 5.74) is -0.229. The van der Waals surface area contributed by atoms with Crippen molar-refractivity contribution in [3.63, 3.8) is 0 Å². The first-order valence-corrected chi connectivity index (χ1v) is 14.0. The van der Waals surface area contributed by atoms with E-state index in [1.54, 1.807) is 52.9 Å². The summed E-state index contributed by atoms with van der Waals surface area (Å²) < 4.78 is 28.4. The molecule has 1 aromatic heterocycles. The van der Waals surface area contributed by atoms with Gasteiger partial charge in [-0.15, -0.1) is 0 Å². The lowest BCUT2D eigenvalue weighted by atomic mass is 9.85. The summed E-state index contributed by atoms with van der Waals surface area (Å²) in [6.07, 6.45) is 2.57. The van der Waals surface area contributed by atoms with E-state index in [4.69, 9.17) is 11.6 Å². The lowest BCUT2D eigenvalue weighted by molar-refractivity contribution is -0.134. The summed E-state index contributed by atoms with van der Waals surface area (Å²) in [7, 11) is 1.63. The Kier molecular flexibility index (Phi) is 9.39. The molecule has 224 valence electrons. The lowest BCUT2D eigenvalue weighted by Gasteiger charge is -2.35. The van der Waals surface area contributed by atoms with Crippen molar-refractivity contribution in [3.05, 3.63) is 53.3 Å². The predicted octanol–water partition coefficient (Wildman–Crippen LogP) is 4.06. The minimum absolute atomic E-state index is 0.125. The van der Waals surface area contributed by atoms with Crippen molar-refractivity contribution in [2.24, 2.45) is 5.41 Å². The number of hydrogen-bond acceptors (Lipinski definition) is 8. The van der Waals surface area contributed by atoms with Gasteiger partial charge in [-0.25, -0.2) is 23.6 Å². The monoisotopic (exact) mass is 601 g/mol. The van der Waals surface area contributed by atoms with Crippen LogP contribution >= 0.6 is 11.6 Å². The minimum Gasteiger partial charge on any atom is -0.342 e. The molecule has 13 heteroatoms. The van der Waals surface area contributed by atoms with E-state index in [1.165, 1.54) is 12.4 Å². The second kappa shape index (κ2) is 12.6. The van der Waals surface area contributed by atoms with Crippen molar-refractivity contribution in [1.29, 1.82) is 0 Å². The van der Waals surface area contributed by atoms with Gasteiger partial charge in [0.2, 0.25) is 5.91 Å². The Hall–Kier alpha value is -3.74. The van der Waals surface area contributed by atoms with E-state index in [9.17, 15) is 23.2 Å². The topological polar surface area (TPSA) is 128 Å². The van der Waals surface area contributed by atoms with Gasteiger partial charge in [0, 0.05) is 5.39 Å². The van der Waals surface area contributed by atoms with Gasteiger partial charge < -0.3 is 21.3 Å². The SMILES string of the molecule is CN[C@@H](C)C(=O)N[C@H](C(=O)N(C(=O)[C@@H]1CCCN1)c1ccc2ncnc(Nc3ccc(F)c(Cl)c3F)c2c1)C(C)(C)C. The average Bonchev–Trinajstić information content (AvgIpc) is 3.50. The van der Waals surface area contributed by atoms with Gasteiger partial charge in [0.05, 0.1) is 29.0 Å². The summed E-state index contributed by atoms with van der Waals surface area (Å²) in [5, 5.41) is 11.3. The maximum Gasteiger partial charge on any atom is 0.256 e. The minimum atomic E-state index is -1.05. The van der Waals surface area contributed by atoms with Crippen LogP contribution in [0.2, 0.25) is 5.02 Å². The number of benzene rings is 2. The summed E-state index contributed by atoms with van der Waals surface area (Å²) >= 11 is 5.75. The number of fused-ring (bicyclic) bond motifs is 1. The van der Waals surface area contributed by atoms with Gasteiger partial charge in [0.25, 0.3) is 11.8 Å². The van der Waals surface area contributed by atoms with Gasteiger partial charge in [-0.05, 0) is 69.1 Å². The maximum atomic E-state index is 14.7. The second-order valence-corrected chi connectivity index (χ2v) is 11.6. The lowest BCUT2D eigenvalue weighted by Crippen LogP contribution is -2.60. The molecule has 10 nitrogen and oxygen atoms in total. The molecule has 2 heterocycles. The molecular formula is C29H34ClF2N7O3. The molecule has 1 saturated heterocycles. The number of rotatable bonds is 8. The molecule has 1 fully saturated rings. The molecule has 1 aliphatic heterocycles. The fraction of sp³-hybridized carbons (Fsp3) is 0.414. The number of carbonyl (C=O) groups excluding carboxylic acids is 3. The number of likely N-dealkylation sites (N-methyl/N-ethyl adjacent to an activating group) is 1. The molecule has 2 aromatic carbocycles. The largest absolute Gasteiger partial charge is 0.342 e. The quantitative estimate of drug-likeness (QED) is 0.285. The van der Waals surface area contributed by atoms with Crippen LogP contribution in [0, 0.1) is 17.0 Å². The zero-order valence-corrected chi connectivity index (χ0v) is 24.8. The first-order chi connectivity index (χ1) is 19.8. The fourth-order valence-electron chi connectivity index (χ4n) is 4.62. The van der Waals surface area contributed by atoms with E-state index in [0.29, 0.717) is 23.9 Å². The van der Waals surface area contributed by atoms with E-state index in [2.05, 4.69) is 31.2 Å². The maximum absolute atomic E-state index is 14.7. The Labute approximate surface area is 247 Å². The zero-order valence-electron chi connectivity index (χ0n) is 24.0. The van der Waals surface area contributed by atoms with Gasteiger partial charge in [-0.1, -0.05) is 32.4 Å². The molecule has 4 rings (SSSR count). The van der Waals surface area contributed by atoms with Crippen molar-refractivity contribution in [2.75, 3.05) is 23.8 Å². The van der Waals surface area contributed by atoms with Gasteiger partial charge in [0.1, 0.15) is 29.0 Å². The van der Waals surface area contributed by atoms with E-state index in [1.807, 2.05) is 0 Å². The molecular weight excluding hydrogens is 568 g/mol. The Balaban J connectivity index is 1.81. The van der Waals surface area contributed by atoms with Crippen molar-refractivity contribution in [3.8, 4) is 0 Å². The van der Waals surface area contributed by atoms with Crippen LogP contribution in [0.1, 0.15) is 40.5 Å². The molecule has 0 unspecified atom stereocenters. The number of halogens is 3. The van der Waals surface area contributed by atoms with Gasteiger partial charge in [-0.2, -0.15) is 0 Å². The molecule has 3 amide bonds. The van der Waals surface area contributed by atoms with Crippen LogP contribution in [0.3, 0.4) is 0 Å². The Morgan fingerprint density at radius 3 is 2.52 bits per heavy atom. The van der Waals surface area contributed by atoms with Crippen LogP contribution < -0.4 is 26.2 Å². The smallest absolute Gasteiger partial charge is 0.256 e. The van der Waals surface area contributed by atoms with Gasteiger partial charge in [0.15, 0.2) is 5.82 Å². The predicted molar refractivity (Wildman–Crippen MR) is 158 cm³/mol. The number of aromatic nitrogens is 2. The van der Waals surface area contributed by atoms with Crippen LogP contribution in [0.25, 0.3) is 10.9 Å². The van der Waals surface area contributed by atoms with Crippen LogP contribution in [0.15, 0.2) is 36.7 Å². The summed E-state index contributed by atoms with van der Waals surface area (Å²) in [5.74, 6) is -3.24. The van der Waals surface area contributed by atoms with Crippen LogP contribution in [-0.2, 0) is 14.4 Å². The molecule has 0 aliphatic carbocycles. The Morgan fingerprint density at radius 2 is 1.88 bits per heavy atom. The zero-order chi connectivity index (χ0) is 30.8. The van der Waals surface area contributed by atoms with Crippen LogP contribution in [-0.4, -0.2) is 59.4 Å². The van der Waals surface area contributed by atoms with E-state index in [0.717, 1.165) is 17.4 Å². The molecule has 3 aromatic rings. The number of amides is 3.